The minimum Gasteiger partial charge on any atom is -0.508 e. The molecule has 119 heavy (non-hydrogen) atoms. The lowest BCUT2D eigenvalue weighted by molar-refractivity contribution is -0.139. The number of ether oxygens (including phenoxy) is 5. The highest BCUT2D eigenvalue weighted by Gasteiger charge is 2.41. The van der Waals surface area contributed by atoms with Gasteiger partial charge < -0.3 is 70.5 Å². The molecular weight excluding hydrogens is 1510 g/mol. The van der Waals surface area contributed by atoms with Crippen LogP contribution in [0.4, 0.5) is 0 Å². The Labute approximate surface area is 709 Å². The van der Waals surface area contributed by atoms with Gasteiger partial charge in [0.1, 0.15) is 52.7 Å². The predicted molar refractivity (Wildman–Crippen MR) is 466 cm³/mol. The Morgan fingerprint density at radius 3 is 1.87 bits per heavy atom. The average Bonchev–Trinajstić information content (AvgIpc) is 1.78. The third-order valence-electron chi connectivity index (χ3n) is 25.4. The molecule has 0 amide bonds. The lowest BCUT2D eigenvalue weighted by Crippen LogP contribution is -2.40. The van der Waals surface area contributed by atoms with Crippen LogP contribution >= 0.6 is 0 Å². The van der Waals surface area contributed by atoms with Crippen LogP contribution in [0.1, 0.15) is 209 Å². The van der Waals surface area contributed by atoms with E-state index in [1.807, 2.05) is 173 Å². The van der Waals surface area contributed by atoms with Crippen LogP contribution in [0.2, 0.25) is 0 Å². The number of hydrogen-bond donors (Lipinski definition) is 9. The molecule has 2 heterocycles. The number of hydrogen-bond acceptors (Lipinski definition) is 21. The number of allylic oxidation sites excluding steroid dienone is 4. The van der Waals surface area contributed by atoms with Gasteiger partial charge in [0.05, 0.1) is 32.5 Å². The Morgan fingerprint density at radius 2 is 1.28 bits per heavy atom. The molecule has 2 aliphatic heterocycles. The Bertz CT molecular complexity index is 3960. The first kappa shape index (κ1) is 100. The van der Waals surface area contributed by atoms with E-state index in [-0.39, 0.29) is 166 Å². The second-order valence-electron chi connectivity index (χ2n) is 35.1. The normalized spacial score (nSPS) is 20.0. The molecular formula is C98H143N3O18. The van der Waals surface area contributed by atoms with Crippen LogP contribution < -0.4 is 15.8 Å². The maximum atomic E-state index is 15.4. The smallest absolute Gasteiger partial charge is 0.378 e. The van der Waals surface area contributed by atoms with E-state index in [2.05, 4.69) is 5.32 Å². The van der Waals surface area contributed by atoms with Crippen LogP contribution in [0.3, 0.4) is 0 Å². The molecule has 6 rings (SSSR count). The molecule has 21 nitrogen and oxygen atoms in total. The van der Waals surface area contributed by atoms with Crippen LogP contribution in [0, 0.1) is 94.7 Å². The van der Waals surface area contributed by atoms with E-state index >= 15 is 14.4 Å². The first-order valence-corrected chi connectivity index (χ1v) is 43.5. The fourth-order valence-electron chi connectivity index (χ4n) is 17.2. The van der Waals surface area contributed by atoms with Gasteiger partial charge in [-0.3, -0.25) is 29.0 Å². The third kappa shape index (κ3) is 31.0. The minimum absolute atomic E-state index is 0.00233. The number of phenols is 1. The van der Waals surface area contributed by atoms with Gasteiger partial charge in [0.15, 0.2) is 18.4 Å². The largest absolute Gasteiger partial charge is 0.508 e. The summed E-state index contributed by atoms with van der Waals surface area (Å²) in [6, 6.07) is 33.8. The lowest BCUT2D eigenvalue weighted by atomic mass is 9.68. The number of aromatic hydroxyl groups is 1. The fourth-order valence-corrected chi connectivity index (χ4v) is 17.2. The molecule has 0 spiro atoms. The first-order chi connectivity index (χ1) is 56.5. The number of nitrogens with zero attached hydrogens (tertiary/aromatic N) is 1. The number of esters is 1. The first-order valence-electron chi connectivity index (χ1n) is 43.5. The quantitative estimate of drug-likeness (QED) is 0.00652. The molecule has 0 bridgehead atoms. The summed E-state index contributed by atoms with van der Waals surface area (Å²) in [5, 5.41) is 78.0. The Morgan fingerprint density at radius 1 is 0.664 bits per heavy atom. The van der Waals surface area contributed by atoms with Crippen LogP contribution in [0.25, 0.3) is 0 Å². The summed E-state index contributed by atoms with van der Waals surface area (Å²) < 4.78 is 30.6. The molecule has 0 saturated carbocycles. The summed E-state index contributed by atoms with van der Waals surface area (Å²) in [6.45, 7) is 37.5. The van der Waals surface area contributed by atoms with Gasteiger partial charge in [0.25, 0.3) is 0 Å². The summed E-state index contributed by atoms with van der Waals surface area (Å²) in [5.41, 5.74) is 13.3. The summed E-state index contributed by atoms with van der Waals surface area (Å²) in [6.07, 6.45) is -4.09. The third-order valence-corrected chi connectivity index (χ3v) is 25.4. The van der Waals surface area contributed by atoms with Gasteiger partial charge in [-0.1, -0.05) is 191 Å². The molecule has 2 aliphatic rings. The Balaban J connectivity index is 1.23. The highest BCUT2D eigenvalue weighted by molar-refractivity contribution is 5.96. The standard InChI is InChI=1S/C98H143N3O18/c1-18-73(86(104)51-76(46-70-28-22-20-23-29-70)87(105)52-83(95(99)109)69(16)115-17)49-89(107)82(47-71-30-24-21-25-31-71)68(15)66(13)77(56-102)41-61(8)81(44-64(11)97(112)113)67(14)65(12)60(7)45-85-74(43-63(10)96(110)111)50-90(108)93(117-39-38-101-85)53-88(106)75(48-78-57-118-91-33-27-26-32-80(78)91)42-62(9)92(40-58(3)4)119-98(114)94(116-19-2)84(59(5)6)55-100-54-72-34-36-79(103)37-35-72/h20-37,58-60,63-64,66-69,73-78,81-83,93,95-97,100,102-103,109-113H,8,12,18-19,38-57,99H2,1-7,9-11,13-17H3/b92-62-,94-84+,101-85-/t60?,63?,64?,66?,67?,68?,69-,73?,74-,75+,76-,77?,78?,81+,82?,83+,93?,95?/m1/s1. The molecule has 0 aromatic heterocycles. The number of aliphatic hydroxyl groups excluding tert-OH is 4. The van der Waals surface area contributed by atoms with Crippen LogP contribution in [-0.2, 0) is 67.1 Å². The highest BCUT2D eigenvalue weighted by atomic mass is 16.6. The molecule has 0 radical (unpaired) electrons. The molecule has 0 aliphatic carbocycles. The number of fused-ring (bicyclic) bond motifs is 1. The number of carbonyl (C=O) groups excluding carboxylic acids is 6. The van der Waals surface area contributed by atoms with Crippen molar-refractivity contribution in [3.63, 3.8) is 0 Å². The van der Waals surface area contributed by atoms with Gasteiger partial charge in [0.2, 0.25) is 5.76 Å². The zero-order valence-electron chi connectivity index (χ0n) is 73.7. The number of carbonyl (C=O) groups is 6. The lowest BCUT2D eigenvalue weighted by Gasteiger charge is -2.37. The van der Waals surface area contributed by atoms with Gasteiger partial charge in [-0.15, -0.1) is 0 Å². The monoisotopic (exact) mass is 1650 g/mol. The zero-order valence-corrected chi connectivity index (χ0v) is 73.7. The molecule has 12 unspecified atom stereocenters. The van der Waals surface area contributed by atoms with Crippen molar-refractivity contribution in [2.45, 2.75) is 237 Å². The second kappa shape index (κ2) is 50.0. The van der Waals surface area contributed by atoms with Gasteiger partial charge in [-0.25, -0.2) is 4.79 Å². The summed E-state index contributed by atoms with van der Waals surface area (Å²) in [5.74, 6) is -8.05. The van der Waals surface area contributed by atoms with Crippen molar-refractivity contribution in [3.05, 3.63) is 178 Å². The minimum atomic E-state index is -1.72. The van der Waals surface area contributed by atoms with Crippen molar-refractivity contribution < 1.29 is 88.2 Å². The molecule has 658 valence electrons. The summed E-state index contributed by atoms with van der Waals surface area (Å²) >= 11 is 0. The number of methoxy groups -OCH3 is 1. The van der Waals surface area contributed by atoms with E-state index in [0.717, 1.165) is 39.1 Å². The number of aliphatic hydroxyl groups is 6. The molecule has 4 aromatic carbocycles. The van der Waals surface area contributed by atoms with Crippen molar-refractivity contribution in [1.82, 2.24) is 5.32 Å². The van der Waals surface area contributed by atoms with Gasteiger partial charge in [-0.2, -0.15) is 0 Å². The number of para-hydroxylation sites is 1. The molecule has 10 N–H and O–H groups in total. The number of Topliss-reactive ketones (excluding diaryl/α,β-unsaturated/α-hetero) is 5. The van der Waals surface area contributed by atoms with Crippen molar-refractivity contribution >= 4 is 40.6 Å². The van der Waals surface area contributed by atoms with E-state index < -0.39 is 96.2 Å². The molecule has 18 atom stereocenters. The maximum absolute atomic E-state index is 15.4. The number of nitrogens with two attached hydrogens (primary N) is 1. The summed E-state index contributed by atoms with van der Waals surface area (Å²) in [7, 11) is 1.48. The topological polar surface area (TPSA) is 341 Å². The van der Waals surface area contributed by atoms with Gasteiger partial charge in [0, 0.05) is 130 Å². The zero-order chi connectivity index (χ0) is 87.9. The van der Waals surface area contributed by atoms with Gasteiger partial charge in [-0.05, 0) is 172 Å². The SMILES string of the molecule is C=C(C(C)C/C1=N/CCOC(CC(=O)[C@@H](C/C(C)=C(/CC(C)C)OC(=O)/C(OCC)=C(/CNCc2ccc(O)cc2)C(C)C)CC2COc3ccccc32)C(=O)C[C@H]1CC(C)C(O)O)C(C)[C@@H](CC(C)C(O)O)C(=C)CC(CO)C(C)C(C)C(Cc1ccccc1)C(=O)CC(CC)C(=O)C[C@@H](Cc1ccccc1)C(=O)C[C@H](C(N)O)[C@@H](C)OC. The number of benzene rings is 4. The van der Waals surface area contributed by atoms with E-state index in [1.165, 1.54) is 7.11 Å². The van der Waals surface area contributed by atoms with E-state index in [0.29, 0.717) is 80.8 Å². The predicted octanol–water partition coefficient (Wildman–Crippen LogP) is 15.1. The summed E-state index contributed by atoms with van der Waals surface area (Å²) in [4.78, 5) is 94.5. The van der Waals surface area contributed by atoms with Gasteiger partial charge >= 0.3 is 5.97 Å². The second-order valence-corrected chi connectivity index (χ2v) is 35.1. The van der Waals surface area contributed by atoms with E-state index in [1.54, 1.807) is 32.9 Å². The van der Waals surface area contributed by atoms with Crippen molar-refractivity contribution in [1.29, 1.82) is 0 Å². The van der Waals surface area contributed by atoms with Crippen molar-refractivity contribution in [2.24, 2.45) is 105 Å². The van der Waals surface area contributed by atoms with Crippen LogP contribution in [0.5, 0.6) is 11.5 Å². The number of phenolic OH excluding ortho intramolecular Hbond substituents is 1. The highest BCUT2D eigenvalue weighted by Crippen LogP contribution is 2.44. The molecule has 21 heteroatoms. The van der Waals surface area contributed by atoms with Crippen LogP contribution in [0.15, 0.2) is 161 Å². The van der Waals surface area contributed by atoms with Crippen LogP contribution in [-0.4, -0.2) is 154 Å². The average molecular weight is 1650 g/mol. The number of aliphatic imine (C=N–C) groups is 1. The van der Waals surface area contributed by atoms with E-state index in [9.17, 15) is 50.1 Å². The van der Waals surface area contributed by atoms with Crippen molar-refractivity contribution in [2.75, 3.05) is 46.6 Å². The molecule has 4 aromatic rings. The number of nitrogens with one attached hydrogen (secondary N) is 1. The molecule has 0 saturated heterocycles. The Hall–Kier alpha value is -7.67. The maximum Gasteiger partial charge on any atom is 0.378 e. The Kier molecular flexibility index (Phi) is 42.1. The number of ketones is 5. The fraction of sp³-hybridized carbons (Fsp3) is 0.602. The number of rotatable bonds is 53. The van der Waals surface area contributed by atoms with E-state index in [4.69, 9.17) is 47.6 Å². The van der Waals surface area contributed by atoms with Crippen molar-refractivity contribution in [3.8, 4) is 11.5 Å². The molecule has 0 fully saturated rings.